The molecule has 1 saturated heterocycles. The van der Waals surface area contributed by atoms with Gasteiger partial charge in [0.1, 0.15) is 12.1 Å². The second kappa shape index (κ2) is 8.62. The van der Waals surface area contributed by atoms with Crippen LogP contribution in [0.5, 0.6) is 0 Å². The van der Waals surface area contributed by atoms with Gasteiger partial charge in [-0.15, -0.1) is 0 Å². The van der Waals surface area contributed by atoms with Crippen molar-refractivity contribution < 1.29 is 24.2 Å². The van der Waals surface area contributed by atoms with Crippen molar-refractivity contribution in [3.63, 3.8) is 0 Å². The number of aliphatic hydroxyl groups excluding tert-OH is 1. The fraction of sp³-hybridized carbons (Fsp3) is 0.500. The van der Waals surface area contributed by atoms with Crippen LogP contribution in [0.25, 0.3) is 0 Å². The Morgan fingerprint density at radius 3 is 2.68 bits per heavy atom. The summed E-state index contributed by atoms with van der Waals surface area (Å²) in [4.78, 5) is 37.6. The molecule has 7 heteroatoms. The van der Waals surface area contributed by atoms with Crippen LogP contribution < -0.4 is 10.2 Å². The molecular weight excluding hydrogens is 324 g/mol. The highest BCUT2D eigenvalue weighted by atomic mass is 16.5. The highest BCUT2D eigenvalue weighted by molar-refractivity contribution is 6.00. The first-order chi connectivity index (χ1) is 11.9. The molecule has 0 saturated carbocycles. The quantitative estimate of drug-likeness (QED) is 0.746. The zero-order valence-corrected chi connectivity index (χ0v) is 14.5. The molecule has 2 rings (SSSR count). The van der Waals surface area contributed by atoms with Crippen molar-refractivity contribution in [3.8, 4) is 0 Å². The number of nitrogens with one attached hydrogen (secondary N) is 1. The molecule has 2 amide bonds. The van der Waals surface area contributed by atoms with Crippen molar-refractivity contribution in [3.05, 3.63) is 29.8 Å². The minimum Gasteiger partial charge on any atom is -0.466 e. The Labute approximate surface area is 147 Å². The number of amides is 2. The SMILES string of the molecule is CCOC(=O)C[C@H](O)C(=O)N[C@H]1CCCN(c2ccc(C)cc2)C1=O. The van der Waals surface area contributed by atoms with Crippen molar-refractivity contribution in [2.75, 3.05) is 18.1 Å². The molecule has 0 spiro atoms. The van der Waals surface area contributed by atoms with Gasteiger partial charge in [-0.05, 0) is 38.8 Å². The number of hydrogen-bond donors (Lipinski definition) is 2. The van der Waals surface area contributed by atoms with E-state index in [2.05, 4.69) is 5.32 Å². The summed E-state index contributed by atoms with van der Waals surface area (Å²) in [5.74, 6) is -1.61. The average Bonchev–Trinajstić information content (AvgIpc) is 2.57. The van der Waals surface area contributed by atoms with E-state index in [9.17, 15) is 19.5 Å². The van der Waals surface area contributed by atoms with Gasteiger partial charge in [0.2, 0.25) is 11.8 Å². The standard InChI is InChI=1S/C18H24N2O5/c1-3-25-16(22)11-15(21)17(23)19-14-5-4-10-20(18(14)24)13-8-6-12(2)7-9-13/h6-9,14-15,21H,3-5,10-11H2,1-2H3,(H,19,23)/t14-,15-/m0/s1. The molecule has 0 aliphatic carbocycles. The van der Waals surface area contributed by atoms with Crippen LogP contribution in [-0.2, 0) is 19.1 Å². The summed E-state index contributed by atoms with van der Waals surface area (Å²) < 4.78 is 4.70. The Bertz CT molecular complexity index is 629. The molecule has 0 unspecified atom stereocenters. The van der Waals surface area contributed by atoms with Crippen LogP contribution in [0, 0.1) is 6.92 Å². The second-order valence-electron chi connectivity index (χ2n) is 6.05. The lowest BCUT2D eigenvalue weighted by atomic mass is 10.0. The van der Waals surface area contributed by atoms with Gasteiger partial charge in [0.15, 0.2) is 0 Å². The van der Waals surface area contributed by atoms with Crippen molar-refractivity contribution in [1.82, 2.24) is 5.32 Å². The number of carbonyl (C=O) groups excluding carboxylic acids is 3. The number of benzene rings is 1. The van der Waals surface area contributed by atoms with Crippen LogP contribution in [0.4, 0.5) is 5.69 Å². The van der Waals surface area contributed by atoms with Gasteiger partial charge < -0.3 is 20.1 Å². The average molecular weight is 348 g/mol. The molecule has 0 bridgehead atoms. The van der Waals surface area contributed by atoms with Crippen LogP contribution in [0.2, 0.25) is 0 Å². The van der Waals surface area contributed by atoms with E-state index in [4.69, 9.17) is 4.74 Å². The van der Waals surface area contributed by atoms with Crippen LogP contribution in [-0.4, -0.2) is 48.2 Å². The third-order valence-corrected chi connectivity index (χ3v) is 4.07. The van der Waals surface area contributed by atoms with Gasteiger partial charge in [0, 0.05) is 12.2 Å². The molecule has 1 fully saturated rings. The molecule has 0 aromatic heterocycles. The fourth-order valence-electron chi connectivity index (χ4n) is 2.73. The molecule has 136 valence electrons. The van der Waals surface area contributed by atoms with Crippen molar-refractivity contribution >= 4 is 23.5 Å². The number of aliphatic hydroxyl groups is 1. The molecule has 1 aliphatic rings. The van der Waals surface area contributed by atoms with Gasteiger partial charge in [-0.25, -0.2) is 0 Å². The third-order valence-electron chi connectivity index (χ3n) is 4.07. The molecule has 25 heavy (non-hydrogen) atoms. The highest BCUT2D eigenvalue weighted by Gasteiger charge is 2.32. The number of nitrogens with zero attached hydrogens (tertiary/aromatic N) is 1. The number of piperidine rings is 1. The Morgan fingerprint density at radius 2 is 2.04 bits per heavy atom. The third kappa shape index (κ3) is 5.03. The molecule has 1 aliphatic heterocycles. The smallest absolute Gasteiger partial charge is 0.308 e. The van der Waals surface area contributed by atoms with Crippen LogP contribution in [0.15, 0.2) is 24.3 Å². The first-order valence-corrected chi connectivity index (χ1v) is 8.44. The van der Waals surface area contributed by atoms with Crippen molar-refractivity contribution in [2.45, 2.75) is 45.3 Å². The lowest BCUT2D eigenvalue weighted by Gasteiger charge is -2.33. The molecule has 2 N–H and O–H groups in total. The molecular formula is C18H24N2O5. The summed E-state index contributed by atoms with van der Waals surface area (Å²) in [5.41, 5.74) is 1.88. The van der Waals surface area contributed by atoms with Gasteiger partial charge in [-0.1, -0.05) is 17.7 Å². The number of hydrogen-bond acceptors (Lipinski definition) is 5. The number of esters is 1. The molecule has 2 atom stereocenters. The van der Waals surface area contributed by atoms with Gasteiger partial charge >= 0.3 is 5.97 Å². The van der Waals surface area contributed by atoms with E-state index in [1.807, 2.05) is 31.2 Å². The number of aryl methyl sites for hydroxylation is 1. The van der Waals surface area contributed by atoms with Crippen molar-refractivity contribution in [1.29, 1.82) is 0 Å². The number of anilines is 1. The number of rotatable bonds is 6. The first-order valence-electron chi connectivity index (χ1n) is 8.44. The highest BCUT2D eigenvalue weighted by Crippen LogP contribution is 2.21. The van der Waals surface area contributed by atoms with E-state index in [0.29, 0.717) is 13.0 Å². The second-order valence-corrected chi connectivity index (χ2v) is 6.05. The Morgan fingerprint density at radius 1 is 1.36 bits per heavy atom. The van der Waals surface area contributed by atoms with Gasteiger partial charge in [0.25, 0.3) is 0 Å². The summed E-state index contributed by atoms with van der Waals surface area (Å²) >= 11 is 0. The normalized spacial score (nSPS) is 18.6. The molecule has 1 aromatic rings. The first kappa shape index (κ1) is 18.9. The largest absolute Gasteiger partial charge is 0.466 e. The van der Waals surface area contributed by atoms with E-state index in [1.54, 1.807) is 11.8 Å². The summed E-state index contributed by atoms with van der Waals surface area (Å²) in [6.45, 7) is 4.37. The van der Waals surface area contributed by atoms with Gasteiger partial charge in [0.05, 0.1) is 13.0 Å². The number of carbonyl (C=O) groups is 3. The molecule has 0 radical (unpaired) electrons. The molecule has 7 nitrogen and oxygen atoms in total. The summed E-state index contributed by atoms with van der Waals surface area (Å²) in [6.07, 6.45) is -0.721. The Hall–Kier alpha value is -2.41. The molecule has 1 heterocycles. The van der Waals surface area contributed by atoms with Gasteiger partial charge in [-0.3, -0.25) is 14.4 Å². The predicted octanol–water partition coefficient (Wildman–Crippen LogP) is 0.921. The maximum atomic E-state index is 12.6. The van der Waals surface area contributed by atoms with Crippen LogP contribution in [0.1, 0.15) is 31.7 Å². The lowest BCUT2D eigenvalue weighted by molar-refractivity contribution is -0.149. The zero-order chi connectivity index (χ0) is 18.4. The maximum absolute atomic E-state index is 12.6. The Kier molecular flexibility index (Phi) is 6.52. The van der Waals surface area contributed by atoms with E-state index in [1.165, 1.54) is 0 Å². The minimum absolute atomic E-state index is 0.180. The summed E-state index contributed by atoms with van der Waals surface area (Å²) in [7, 11) is 0. The monoisotopic (exact) mass is 348 g/mol. The minimum atomic E-state index is -1.53. The van der Waals surface area contributed by atoms with E-state index in [-0.39, 0.29) is 12.5 Å². The van der Waals surface area contributed by atoms with Crippen molar-refractivity contribution in [2.24, 2.45) is 0 Å². The van der Waals surface area contributed by atoms with Gasteiger partial charge in [-0.2, -0.15) is 0 Å². The topological polar surface area (TPSA) is 95.9 Å². The predicted molar refractivity (Wildman–Crippen MR) is 92.0 cm³/mol. The van der Waals surface area contributed by atoms with E-state index in [0.717, 1.165) is 17.7 Å². The van der Waals surface area contributed by atoms with Crippen LogP contribution in [0.3, 0.4) is 0 Å². The zero-order valence-electron chi connectivity index (χ0n) is 14.5. The summed E-state index contributed by atoms with van der Waals surface area (Å²) in [6, 6.07) is 6.88. The van der Waals surface area contributed by atoms with Crippen LogP contribution >= 0.6 is 0 Å². The van der Waals surface area contributed by atoms with E-state index >= 15 is 0 Å². The Balaban J connectivity index is 1.97. The lowest BCUT2D eigenvalue weighted by Crippen LogP contribution is -2.54. The van der Waals surface area contributed by atoms with E-state index < -0.39 is 30.4 Å². The number of ether oxygens (including phenoxy) is 1. The fourth-order valence-corrected chi connectivity index (χ4v) is 2.73. The molecule has 1 aromatic carbocycles. The summed E-state index contributed by atoms with van der Waals surface area (Å²) in [5, 5.41) is 12.3. The maximum Gasteiger partial charge on any atom is 0.308 e.